The molecule has 0 radical (unpaired) electrons. The van der Waals surface area contributed by atoms with Crippen molar-refractivity contribution in [2.45, 2.75) is 37.8 Å². The highest BCUT2D eigenvalue weighted by atomic mass is 32.2. The fourth-order valence-corrected chi connectivity index (χ4v) is 3.88. The Labute approximate surface area is 125 Å². The number of hydrogen-bond acceptors (Lipinski definition) is 4. The number of piperidine rings is 1. The van der Waals surface area contributed by atoms with Gasteiger partial charge in [-0.1, -0.05) is 13.8 Å². The van der Waals surface area contributed by atoms with Crippen molar-refractivity contribution in [2.24, 2.45) is 5.92 Å². The summed E-state index contributed by atoms with van der Waals surface area (Å²) in [5.74, 6) is -0.325. The summed E-state index contributed by atoms with van der Waals surface area (Å²) in [7, 11) is -3.82. The van der Waals surface area contributed by atoms with Crippen LogP contribution in [0, 0.1) is 11.7 Å². The standard InChI is InChI=1S/C14H22FN3O2S/c1-11(2)17-10-12-5-8-18(9-6-12)21(19,20)14-13(15)4-3-7-16-14/h3-4,7,11-12,17H,5-6,8-10H2,1-2H3. The van der Waals surface area contributed by atoms with Gasteiger partial charge in [-0.25, -0.2) is 17.8 Å². The normalized spacial score (nSPS) is 18.3. The molecule has 5 nitrogen and oxygen atoms in total. The number of pyridine rings is 1. The summed E-state index contributed by atoms with van der Waals surface area (Å²) in [4.78, 5) is 3.69. The van der Waals surface area contributed by atoms with Crippen LogP contribution in [-0.4, -0.2) is 43.4 Å². The molecule has 1 aliphatic rings. The molecule has 1 fully saturated rings. The number of aromatic nitrogens is 1. The minimum atomic E-state index is -3.82. The van der Waals surface area contributed by atoms with E-state index in [0.717, 1.165) is 25.5 Å². The van der Waals surface area contributed by atoms with Crippen LogP contribution in [0.2, 0.25) is 0 Å². The second-order valence-electron chi connectivity index (χ2n) is 5.70. The molecule has 1 aliphatic heterocycles. The SMILES string of the molecule is CC(C)NCC1CCN(S(=O)(=O)c2ncccc2F)CC1. The largest absolute Gasteiger partial charge is 0.314 e. The van der Waals surface area contributed by atoms with E-state index < -0.39 is 20.9 Å². The average molecular weight is 315 g/mol. The lowest BCUT2D eigenvalue weighted by Crippen LogP contribution is -2.42. The molecule has 0 atom stereocenters. The summed E-state index contributed by atoms with van der Waals surface area (Å²) in [6.07, 6.45) is 2.87. The molecule has 0 saturated carbocycles. The van der Waals surface area contributed by atoms with Crippen molar-refractivity contribution in [3.8, 4) is 0 Å². The highest BCUT2D eigenvalue weighted by molar-refractivity contribution is 7.89. The summed E-state index contributed by atoms with van der Waals surface area (Å²) in [6, 6.07) is 2.94. The number of hydrogen-bond donors (Lipinski definition) is 1. The van der Waals surface area contributed by atoms with Crippen molar-refractivity contribution in [2.75, 3.05) is 19.6 Å². The molecular formula is C14H22FN3O2S. The van der Waals surface area contributed by atoms with Crippen LogP contribution in [0.3, 0.4) is 0 Å². The molecule has 7 heteroatoms. The van der Waals surface area contributed by atoms with Crippen molar-refractivity contribution in [3.63, 3.8) is 0 Å². The summed E-state index contributed by atoms with van der Waals surface area (Å²) in [6.45, 7) is 5.90. The lowest BCUT2D eigenvalue weighted by molar-refractivity contribution is 0.262. The third-order valence-electron chi connectivity index (χ3n) is 3.70. The Morgan fingerprint density at radius 1 is 1.43 bits per heavy atom. The predicted octanol–water partition coefficient (Wildman–Crippen LogP) is 1.62. The van der Waals surface area contributed by atoms with Crippen LogP contribution in [0.25, 0.3) is 0 Å². The Hall–Kier alpha value is -1.05. The zero-order chi connectivity index (χ0) is 15.5. The predicted molar refractivity (Wildman–Crippen MR) is 78.8 cm³/mol. The van der Waals surface area contributed by atoms with Gasteiger partial charge < -0.3 is 5.32 Å². The van der Waals surface area contributed by atoms with Crippen LogP contribution in [0.5, 0.6) is 0 Å². The highest BCUT2D eigenvalue weighted by Gasteiger charge is 2.32. The van der Waals surface area contributed by atoms with Crippen LogP contribution in [0.4, 0.5) is 4.39 Å². The van der Waals surface area contributed by atoms with Crippen molar-refractivity contribution in [1.29, 1.82) is 0 Å². The molecule has 0 unspecified atom stereocenters. The Morgan fingerprint density at radius 2 is 2.10 bits per heavy atom. The lowest BCUT2D eigenvalue weighted by Gasteiger charge is -2.31. The quantitative estimate of drug-likeness (QED) is 0.897. The van der Waals surface area contributed by atoms with Crippen molar-refractivity contribution in [3.05, 3.63) is 24.1 Å². The molecule has 2 heterocycles. The first-order chi connectivity index (χ1) is 9.91. The average Bonchev–Trinajstić information content (AvgIpc) is 2.46. The van der Waals surface area contributed by atoms with E-state index in [2.05, 4.69) is 24.1 Å². The van der Waals surface area contributed by atoms with Gasteiger partial charge in [0.2, 0.25) is 5.03 Å². The molecule has 0 amide bonds. The fourth-order valence-electron chi connectivity index (χ4n) is 2.44. The Morgan fingerprint density at radius 3 is 2.67 bits per heavy atom. The first-order valence-electron chi connectivity index (χ1n) is 7.25. The Bertz CT molecular complexity index is 569. The number of rotatable bonds is 5. The number of nitrogens with one attached hydrogen (secondary N) is 1. The van der Waals surface area contributed by atoms with Crippen molar-refractivity contribution in [1.82, 2.24) is 14.6 Å². The molecule has 2 rings (SSSR count). The molecule has 21 heavy (non-hydrogen) atoms. The second kappa shape index (κ2) is 6.81. The van der Waals surface area contributed by atoms with Crippen LogP contribution in [-0.2, 0) is 10.0 Å². The van der Waals surface area contributed by atoms with E-state index in [1.807, 2.05) is 0 Å². The smallest absolute Gasteiger partial charge is 0.263 e. The van der Waals surface area contributed by atoms with Gasteiger partial charge in [0.1, 0.15) is 0 Å². The van der Waals surface area contributed by atoms with Gasteiger partial charge in [-0.05, 0) is 37.4 Å². The van der Waals surface area contributed by atoms with Crippen LogP contribution in [0.15, 0.2) is 23.4 Å². The van der Waals surface area contributed by atoms with Gasteiger partial charge in [0.25, 0.3) is 10.0 Å². The van der Waals surface area contributed by atoms with Crippen molar-refractivity contribution >= 4 is 10.0 Å². The van der Waals surface area contributed by atoms with E-state index in [9.17, 15) is 12.8 Å². The molecular weight excluding hydrogens is 293 g/mol. The van der Waals surface area contributed by atoms with Crippen LogP contribution >= 0.6 is 0 Å². The zero-order valence-corrected chi connectivity index (χ0v) is 13.2. The van der Waals surface area contributed by atoms with Gasteiger partial charge in [0.15, 0.2) is 5.82 Å². The van der Waals surface area contributed by atoms with Crippen molar-refractivity contribution < 1.29 is 12.8 Å². The zero-order valence-electron chi connectivity index (χ0n) is 12.4. The number of sulfonamides is 1. The fraction of sp³-hybridized carbons (Fsp3) is 0.643. The van der Waals surface area contributed by atoms with E-state index >= 15 is 0 Å². The van der Waals surface area contributed by atoms with Gasteiger partial charge >= 0.3 is 0 Å². The monoisotopic (exact) mass is 315 g/mol. The maximum absolute atomic E-state index is 13.6. The molecule has 1 aromatic rings. The minimum absolute atomic E-state index is 0.419. The van der Waals surface area contributed by atoms with E-state index in [1.54, 1.807) is 0 Å². The molecule has 0 bridgehead atoms. The summed E-state index contributed by atoms with van der Waals surface area (Å²) in [5.41, 5.74) is 0. The van der Waals surface area contributed by atoms with Gasteiger partial charge in [-0.2, -0.15) is 4.31 Å². The maximum Gasteiger partial charge on any atom is 0.263 e. The number of halogens is 1. The first kappa shape index (κ1) is 16.3. The highest BCUT2D eigenvalue weighted by Crippen LogP contribution is 2.23. The molecule has 118 valence electrons. The topological polar surface area (TPSA) is 62.3 Å². The van der Waals surface area contributed by atoms with E-state index in [1.165, 1.54) is 16.6 Å². The van der Waals surface area contributed by atoms with Crippen LogP contribution in [0.1, 0.15) is 26.7 Å². The van der Waals surface area contributed by atoms with Gasteiger partial charge in [0, 0.05) is 25.3 Å². The third kappa shape index (κ3) is 3.99. The summed E-state index contributed by atoms with van der Waals surface area (Å²) >= 11 is 0. The Balaban J connectivity index is 2.00. The molecule has 1 N–H and O–H groups in total. The van der Waals surface area contributed by atoms with E-state index in [-0.39, 0.29) is 0 Å². The summed E-state index contributed by atoms with van der Waals surface area (Å²) in [5, 5.41) is 2.90. The van der Waals surface area contributed by atoms with Gasteiger partial charge in [0.05, 0.1) is 0 Å². The Kier molecular flexibility index (Phi) is 5.29. The molecule has 0 spiro atoms. The molecule has 0 aromatic carbocycles. The molecule has 1 aromatic heterocycles. The molecule has 0 aliphatic carbocycles. The van der Waals surface area contributed by atoms with E-state index in [0.29, 0.717) is 25.0 Å². The maximum atomic E-state index is 13.6. The van der Waals surface area contributed by atoms with Gasteiger partial charge in [-0.3, -0.25) is 0 Å². The third-order valence-corrected chi connectivity index (χ3v) is 5.53. The lowest BCUT2D eigenvalue weighted by atomic mass is 9.98. The minimum Gasteiger partial charge on any atom is -0.314 e. The first-order valence-corrected chi connectivity index (χ1v) is 8.69. The van der Waals surface area contributed by atoms with Gasteiger partial charge in [-0.15, -0.1) is 0 Å². The number of nitrogens with zero attached hydrogens (tertiary/aromatic N) is 2. The van der Waals surface area contributed by atoms with E-state index in [4.69, 9.17) is 0 Å². The molecule has 1 saturated heterocycles. The van der Waals surface area contributed by atoms with Crippen LogP contribution < -0.4 is 5.32 Å². The second-order valence-corrected chi connectivity index (χ2v) is 7.55. The summed E-state index contributed by atoms with van der Waals surface area (Å²) < 4.78 is 39.8.